The largest absolute Gasteiger partial charge is 0.456 e. The molecule has 27 heavy (non-hydrogen) atoms. The zero-order valence-electron chi connectivity index (χ0n) is 17.0. The maximum atomic E-state index is 12.0. The first-order valence-electron chi connectivity index (χ1n) is 9.98. The summed E-state index contributed by atoms with van der Waals surface area (Å²) in [5, 5.41) is 0. The summed E-state index contributed by atoms with van der Waals surface area (Å²) in [7, 11) is 0. The Morgan fingerprint density at radius 1 is 1.04 bits per heavy atom. The number of carbonyl (C=O) groups excluding carboxylic acids is 1. The molecule has 3 aliphatic rings. The predicted molar refractivity (Wildman–Crippen MR) is 96.8 cm³/mol. The molecule has 0 amide bonds. The minimum Gasteiger partial charge on any atom is -0.456 e. The Balaban J connectivity index is 1.87. The maximum Gasteiger partial charge on any atom is 0.333 e. The molecule has 0 N–H and O–H groups in total. The summed E-state index contributed by atoms with van der Waals surface area (Å²) in [4.78, 5) is 12.0. The molecule has 3 rings (SSSR count). The smallest absolute Gasteiger partial charge is 0.333 e. The van der Waals surface area contributed by atoms with Gasteiger partial charge in [0, 0.05) is 5.57 Å². The van der Waals surface area contributed by atoms with Crippen LogP contribution in [0.3, 0.4) is 0 Å². The first-order valence-corrected chi connectivity index (χ1v) is 9.98. The quantitative estimate of drug-likeness (QED) is 0.493. The lowest BCUT2D eigenvalue weighted by Crippen LogP contribution is -2.53. The summed E-state index contributed by atoms with van der Waals surface area (Å²) >= 11 is 0. The molecule has 3 heterocycles. The van der Waals surface area contributed by atoms with Crippen LogP contribution in [0.1, 0.15) is 60.3 Å². The van der Waals surface area contributed by atoms with Gasteiger partial charge in [0.2, 0.25) is 5.79 Å². The Morgan fingerprint density at radius 3 is 2.22 bits per heavy atom. The van der Waals surface area contributed by atoms with Gasteiger partial charge in [-0.1, -0.05) is 34.3 Å². The Hall–Kier alpha value is -0.990. The number of esters is 1. The van der Waals surface area contributed by atoms with Crippen LogP contribution in [-0.2, 0) is 33.2 Å². The summed E-state index contributed by atoms with van der Waals surface area (Å²) < 4.78 is 36.7. The third-order valence-corrected chi connectivity index (χ3v) is 5.92. The van der Waals surface area contributed by atoms with E-state index in [4.69, 9.17) is 28.4 Å². The van der Waals surface area contributed by atoms with E-state index in [-0.39, 0.29) is 18.8 Å². The zero-order valence-corrected chi connectivity index (χ0v) is 17.0. The molecule has 7 nitrogen and oxygen atoms in total. The van der Waals surface area contributed by atoms with Crippen LogP contribution in [0.5, 0.6) is 0 Å². The molecule has 0 aliphatic carbocycles. The van der Waals surface area contributed by atoms with Gasteiger partial charge in [-0.3, -0.25) is 0 Å². The normalized spacial score (nSPS) is 36.1. The average Bonchev–Trinajstić information content (AvgIpc) is 3.15. The molecule has 3 saturated heterocycles. The van der Waals surface area contributed by atoms with Crippen molar-refractivity contribution < 1.29 is 33.2 Å². The highest BCUT2D eigenvalue weighted by molar-refractivity contribution is 5.86. The first kappa shape index (κ1) is 20.7. The third kappa shape index (κ3) is 3.44. The van der Waals surface area contributed by atoms with Gasteiger partial charge in [-0.2, -0.15) is 0 Å². The molecule has 3 fully saturated rings. The molecule has 4 atom stereocenters. The third-order valence-electron chi connectivity index (χ3n) is 5.92. The lowest BCUT2D eigenvalue weighted by Gasteiger charge is -2.42. The van der Waals surface area contributed by atoms with Crippen molar-refractivity contribution in [2.75, 3.05) is 13.2 Å². The van der Waals surface area contributed by atoms with Gasteiger partial charge in [0.1, 0.15) is 24.9 Å². The van der Waals surface area contributed by atoms with Crippen molar-refractivity contribution in [2.24, 2.45) is 0 Å². The van der Waals surface area contributed by atoms with Gasteiger partial charge < -0.3 is 28.4 Å². The molecule has 0 aromatic carbocycles. The van der Waals surface area contributed by atoms with Crippen LogP contribution in [0.15, 0.2) is 12.2 Å². The van der Waals surface area contributed by atoms with Crippen molar-refractivity contribution in [1.82, 2.24) is 0 Å². The molecule has 7 heteroatoms. The fourth-order valence-electron chi connectivity index (χ4n) is 4.04. The van der Waals surface area contributed by atoms with Gasteiger partial charge in [0.25, 0.3) is 0 Å². The number of carbonyl (C=O) groups is 1. The van der Waals surface area contributed by atoms with E-state index in [1.165, 1.54) is 0 Å². The van der Waals surface area contributed by atoms with Crippen molar-refractivity contribution >= 4 is 5.97 Å². The Labute approximate surface area is 161 Å². The molecule has 0 unspecified atom stereocenters. The van der Waals surface area contributed by atoms with Gasteiger partial charge in [-0.05, 0) is 32.6 Å². The van der Waals surface area contributed by atoms with Crippen molar-refractivity contribution in [1.29, 1.82) is 0 Å². The minimum absolute atomic E-state index is 0.0767. The molecular formula is C20H32O7. The molecule has 154 valence electrons. The highest BCUT2D eigenvalue weighted by Gasteiger charge is 2.69. The lowest BCUT2D eigenvalue weighted by atomic mass is 10.0. The van der Waals surface area contributed by atoms with Crippen LogP contribution >= 0.6 is 0 Å². The number of hydrogen-bond acceptors (Lipinski definition) is 7. The van der Waals surface area contributed by atoms with Gasteiger partial charge in [0.05, 0.1) is 6.61 Å². The second-order valence-electron chi connectivity index (χ2n) is 7.59. The van der Waals surface area contributed by atoms with E-state index in [1.807, 2.05) is 27.7 Å². The van der Waals surface area contributed by atoms with E-state index in [0.29, 0.717) is 25.0 Å². The van der Waals surface area contributed by atoms with Crippen LogP contribution in [-0.4, -0.2) is 54.9 Å². The Kier molecular flexibility index (Phi) is 5.72. The summed E-state index contributed by atoms with van der Waals surface area (Å²) in [6, 6.07) is 0. The molecule has 0 saturated carbocycles. The lowest BCUT2D eigenvalue weighted by molar-refractivity contribution is -0.346. The second kappa shape index (κ2) is 7.44. The topological polar surface area (TPSA) is 72.5 Å². The predicted octanol–water partition coefficient (Wildman–Crippen LogP) is 3.06. The standard InChI is InChI=1S/C20H32O7/c1-7-18(8-2)23-11-14-15(25-18)16-20(24-14,12-22-17(21)13(5)6)27-19(9-3,10-4)26-16/h14-16H,5,7-12H2,1-4,6H3/t14-,15-,16+,20-/m1/s1. The van der Waals surface area contributed by atoms with Gasteiger partial charge >= 0.3 is 5.97 Å². The molecule has 0 radical (unpaired) electrons. The van der Waals surface area contributed by atoms with Crippen molar-refractivity contribution in [3.05, 3.63) is 12.2 Å². The Bertz CT molecular complexity index is 581. The van der Waals surface area contributed by atoms with Gasteiger partial charge in [-0.25, -0.2) is 4.79 Å². The monoisotopic (exact) mass is 384 g/mol. The van der Waals surface area contributed by atoms with Crippen molar-refractivity contribution in [2.45, 2.75) is 96.0 Å². The zero-order chi connectivity index (χ0) is 19.9. The minimum atomic E-state index is -1.20. The number of rotatable bonds is 7. The number of fused-ring (bicyclic) bond motifs is 3. The molecule has 0 aromatic rings. The van der Waals surface area contributed by atoms with E-state index in [9.17, 15) is 4.79 Å². The fraction of sp³-hybridized carbons (Fsp3) is 0.850. The molecule has 0 bridgehead atoms. The summed E-state index contributed by atoms with van der Waals surface area (Å²) in [5.74, 6) is -3.12. The second-order valence-corrected chi connectivity index (χ2v) is 7.59. The molecule has 3 aliphatic heterocycles. The van der Waals surface area contributed by atoms with Gasteiger partial charge in [0.15, 0.2) is 11.6 Å². The SMILES string of the molecule is C=C(C)C(=O)OC[C@]12O[C@@H]3COC(CC)(CC)O[C@H]3[C@@H]1OC(CC)(CC)O2. The van der Waals surface area contributed by atoms with Crippen LogP contribution in [0, 0.1) is 0 Å². The fourth-order valence-corrected chi connectivity index (χ4v) is 4.04. The van der Waals surface area contributed by atoms with Crippen molar-refractivity contribution in [3.63, 3.8) is 0 Å². The number of ether oxygens (including phenoxy) is 6. The summed E-state index contributed by atoms with van der Waals surface area (Å²) in [6.45, 7) is 13.6. The average molecular weight is 384 g/mol. The highest BCUT2D eigenvalue weighted by atomic mass is 16.9. The van der Waals surface area contributed by atoms with E-state index >= 15 is 0 Å². The van der Waals surface area contributed by atoms with Crippen LogP contribution in [0.4, 0.5) is 0 Å². The summed E-state index contributed by atoms with van der Waals surface area (Å²) in [6.07, 6.45) is 1.58. The molecule has 0 aromatic heterocycles. The highest BCUT2D eigenvalue weighted by Crippen LogP contribution is 2.51. The molecular weight excluding hydrogens is 352 g/mol. The van der Waals surface area contributed by atoms with E-state index in [1.54, 1.807) is 6.92 Å². The van der Waals surface area contributed by atoms with E-state index < -0.39 is 29.4 Å². The van der Waals surface area contributed by atoms with E-state index in [0.717, 1.165) is 12.8 Å². The number of hydrogen-bond donors (Lipinski definition) is 0. The molecule has 0 spiro atoms. The summed E-state index contributed by atoms with van der Waals surface area (Å²) in [5.41, 5.74) is 0.324. The maximum absolute atomic E-state index is 12.0. The van der Waals surface area contributed by atoms with Crippen molar-refractivity contribution in [3.8, 4) is 0 Å². The van der Waals surface area contributed by atoms with E-state index in [2.05, 4.69) is 6.58 Å². The van der Waals surface area contributed by atoms with Crippen LogP contribution in [0.2, 0.25) is 0 Å². The van der Waals surface area contributed by atoms with Crippen LogP contribution in [0.25, 0.3) is 0 Å². The van der Waals surface area contributed by atoms with Gasteiger partial charge in [-0.15, -0.1) is 0 Å². The Morgan fingerprint density at radius 2 is 1.67 bits per heavy atom. The first-order chi connectivity index (χ1) is 12.8. The van der Waals surface area contributed by atoms with Crippen LogP contribution < -0.4 is 0 Å².